The first-order valence-electron chi connectivity index (χ1n) is 5.11. The third kappa shape index (κ3) is 1.75. The molecule has 0 radical (unpaired) electrons. The third-order valence-corrected chi connectivity index (χ3v) is 2.41. The lowest BCUT2D eigenvalue weighted by atomic mass is 10.2. The number of carboxylic acid groups (broad SMARTS) is 1. The van der Waals surface area contributed by atoms with Gasteiger partial charge in [-0.05, 0) is 6.42 Å². The van der Waals surface area contributed by atoms with E-state index in [9.17, 15) is 14.7 Å². The van der Waals surface area contributed by atoms with Gasteiger partial charge in [-0.2, -0.15) is 9.61 Å². The average Bonchev–Trinajstić information content (AvgIpc) is 2.68. The smallest absolute Gasteiger partial charge is 0.356 e. The second kappa shape index (κ2) is 3.93. The van der Waals surface area contributed by atoms with Crippen LogP contribution >= 0.6 is 0 Å². The summed E-state index contributed by atoms with van der Waals surface area (Å²) in [5.41, 5.74) is -0.289. The number of nitrogens with zero attached hydrogens (tertiary/aromatic N) is 2. The SMILES string of the molecule is CCCc1c(O)n2nc(C(=O)O)cc2[nH]c1=O. The highest BCUT2D eigenvalue weighted by Gasteiger charge is 2.16. The Morgan fingerprint density at radius 2 is 2.29 bits per heavy atom. The zero-order valence-corrected chi connectivity index (χ0v) is 9.10. The number of fused-ring (bicyclic) bond motifs is 1. The number of rotatable bonds is 3. The van der Waals surface area contributed by atoms with Crippen molar-refractivity contribution >= 4 is 11.6 Å². The van der Waals surface area contributed by atoms with Gasteiger partial charge >= 0.3 is 5.97 Å². The van der Waals surface area contributed by atoms with Crippen LogP contribution in [0.25, 0.3) is 5.65 Å². The molecule has 2 aromatic rings. The lowest BCUT2D eigenvalue weighted by Crippen LogP contribution is -2.15. The molecule has 0 aromatic carbocycles. The van der Waals surface area contributed by atoms with Gasteiger partial charge in [-0.1, -0.05) is 13.3 Å². The average molecular weight is 237 g/mol. The van der Waals surface area contributed by atoms with Crippen LogP contribution in [0, 0.1) is 0 Å². The first-order chi connectivity index (χ1) is 8.04. The summed E-state index contributed by atoms with van der Waals surface area (Å²) in [6.45, 7) is 1.87. The number of aromatic amines is 1. The third-order valence-electron chi connectivity index (χ3n) is 2.41. The second-order valence-corrected chi connectivity index (χ2v) is 3.64. The summed E-state index contributed by atoms with van der Waals surface area (Å²) in [5.74, 6) is -1.52. The van der Waals surface area contributed by atoms with Crippen LogP contribution < -0.4 is 5.56 Å². The van der Waals surface area contributed by atoms with Crippen LogP contribution in [-0.4, -0.2) is 30.8 Å². The molecule has 0 aliphatic carbocycles. The maximum atomic E-state index is 11.6. The normalized spacial score (nSPS) is 10.9. The van der Waals surface area contributed by atoms with E-state index < -0.39 is 11.5 Å². The zero-order chi connectivity index (χ0) is 12.6. The Bertz CT molecular complexity index is 641. The molecule has 0 bridgehead atoms. The van der Waals surface area contributed by atoms with Gasteiger partial charge in [0.15, 0.2) is 5.69 Å². The van der Waals surface area contributed by atoms with Crippen molar-refractivity contribution in [3.63, 3.8) is 0 Å². The lowest BCUT2D eigenvalue weighted by Gasteiger charge is -2.03. The standard InChI is InChI=1S/C10H11N3O4/c1-2-3-5-8(14)11-7-4-6(10(16)17)12-13(7)9(5)15/h4,15H,2-3H2,1H3,(H,11,14)(H,16,17). The predicted octanol–water partition coefficient (Wildman–Crippen LogP) is 0.379. The topological polar surface area (TPSA) is 108 Å². The number of aromatic nitrogens is 3. The number of hydrogen-bond donors (Lipinski definition) is 3. The number of H-pyrrole nitrogens is 1. The molecule has 0 saturated heterocycles. The molecule has 17 heavy (non-hydrogen) atoms. The summed E-state index contributed by atoms with van der Waals surface area (Å²) >= 11 is 0. The maximum Gasteiger partial charge on any atom is 0.356 e. The Balaban J connectivity index is 2.73. The van der Waals surface area contributed by atoms with E-state index in [0.717, 1.165) is 4.52 Å². The van der Waals surface area contributed by atoms with Crippen molar-refractivity contribution < 1.29 is 15.0 Å². The highest BCUT2D eigenvalue weighted by atomic mass is 16.4. The van der Waals surface area contributed by atoms with Crippen molar-refractivity contribution in [2.45, 2.75) is 19.8 Å². The van der Waals surface area contributed by atoms with Gasteiger partial charge in [0.05, 0.1) is 5.56 Å². The molecule has 0 unspecified atom stereocenters. The van der Waals surface area contributed by atoms with Crippen molar-refractivity contribution in [2.75, 3.05) is 0 Å². The van der Waals surface area contributed by atoms with E-state index in [2.05, 4.69) is 10.1 Å². The highest BCUT2D eigenvalue weighted by molar-refractivity contribution is 5.86. The monoisotopic (exact) mass is 237 g/mol. The Morgan fingerprint density at radius 3 is 2.88 bits per heavy atom. The van der Waals surface area contributed by atoms with Crippen molar-refractivity contribution in [3.8, 4) is 5.88 Å². The molecule has 7 heteroatoms. The molecule has 0 fully saturated rings. The summed E-state index contributed by atoms with van der Waals surface area (Å²) < 4.78 is 1.02. The van der Waals surface area contributed by atoms with Gasteiger partial charge in [0.25, 0.3) is 5.56 Å². The minimum atomic E-state index is -1.22. The molecule has 7 nitrogen and oxygen atoms in total. The number of carboxylic acids is 1. The van der Waals surface area contributed by atoms with Crippen LogP contribution in [0.1, 0.15) is 29.4 Å². The molecule has 3 N–H and O–H groups in total. The van der Waals surface area contributed by atoms with Crippen LogP contribution in [0.4, 0.5) is 0 Å². The number of aromatic carboxylic acids is 1. The summed E-state index contributed by atoms with van der Waals surface area (Å²) in [6, 6.07) is 1.19. The van der Waals surface area contributed by atoms with Gasteiger partial charge in [0, 0.05) is 6.07 Å². The zero-order valence-electron chi connectivity index (χ0n) is 9.10. The quantitative estimate of drug-likeness (QED) is 0.715. The van der Waals surface area contributed by atoms with Crippen LogP contribution in [-0.2, 0) is 6.42 Å². The van der Waals surface area contributed by atoms with Gasteiger partial charge in [0.1, 0.15) is 5.65 Å². The summed E-state index contributed by atoms with van der Waals surface area (Å²) in [7, 11) is 0. The molecule has 2 rings (SSSR count). The predicted molar refractivity (Wildman–Crippen MR) is 58.4 cm³/mol. The summed E-state index contributed by atoms with van der Waals surface area (Å²) in [4.78, 5) is 24.8. The van der Waals surface area contributed by atoms with E-state index in [1.165, 1.54) is 6.07 Å². The van der Waals surface area contributed by atoms with E-state index in [1.54, 1.807) is 0 Å². The Hall–Kier alpha value is -2.31. The van der Waals surface area contributed by atoms with E-state index in [1.807, 2.05) is 6.92 Å². The van der Waals surface area contributed by atoms with E-state index in [4.69, 9.17) is 5.11 Å². The Kier molecular flexibility index (Phi) is 2.58. The van der Waals surface area contributed by atoms with Gasteiger partial charge in [-0.3, -0.25) is 4.79 Å². The van der Waals surface area contributed by atoms with Gasteiger partial charge in [0.2, 0.25) is 5.88 Å². The Labute approximate surface area is 95.3 Å². The van der Waals surface area contributed by atoms with Crippen LogP contribution in [0.5, 0.6) is 5.88 Å². The number of carbonyl (C=O) groups is 1. The van der Waals surface area contributed by atoms with Crippen molar-refractivity contribution in [1.82, 2.24) is 14.6 Å². The molecule has 0 amide bonds. The van der Waals surface area contributed by atoms with Gasteiger partial charge < -0.3 is 15.2 Å². The highest BCUT2D eigenvalue weighted by Crippen LogP contribution is 2.16. The van der Waals surface area contributed by atoms with Crippen molar-refractivity contribution in [2.24, 2.45) is 0 Å². The fourth-order valence-corrected chi connectivity index (χ4v) is 1.63. The second-order valence-electron chi connectivity index (χ2n) is 3.64. The fourth-order valence-electron chi connectivity index (χ4n) is 1.63. The molecule has 0 aliphatic rings. The Morgan fingerprint density at radius 1 is 1.59 bits per heavy atom. The molecule has 90 valence electrons. The molecule has 2 heterocycles. The molecule has 0 aliphatic heterocycles. The van der Waals surface area contributed by atoms with E-state index in [0.29, 0.717) is 12.8 Å². The van der Waals surface area contributed by atoms with E-state index >= 15 is 0 Å². The van der Waals surface area contributed by atoms with Crippen LogP contribution in [0.2, 0.25) is 0 Å². The molecule has 2 aromatic heterocycles. The summed E-state index contributed by atoms with van der Waals surface area (Å²) in [6.07, 6.45) is 1.09. The molecular weight excluding hydrogens is 226 g/mol. The minimum Gasteiger partial charge on any atom is -0.493 e. The van der Waals surface area contributed by atoms with Gasteiger partial charge in [-0.15, -0.1) is 0 Å². The number of nitrogens with one attached hydrogen (secondary N) is 1. The molecule has 0 saturated carbocycles. The summed E-state index contributed by atoms with van der Waals surface area (Å²) in [5, 5.41) is 22.3. The van der Waals surface area contributed by atoms with Crippen molar-refractivity contribution in [1.29, 1.82) is 0 Å². The molecular formula is C10H11N3O4. The van der Waals surface area contributed by atoms with E-state index in [-0.39, 0.29) is 22.8 Å². The van der Waals surface area contributed by atoms with Crippen LogP contribution in [0.3, 0.4) is 0 Å². The number of hydrogen-bond acceptors (Lipinski definition) is 4. The number of aromatic hydroxyl groups is 1. The molecule has 0 atom stereocenters. The first kappa shape index (κ1) is 11.2. The lowest BCUT2D eigenvalue weighted by molar-refractivity contribution is 0.0690. The largest absolute Gasteiger partial charge is 0.493 e. The van der Waals surface area contributed by atoms with Gasteiger partial charge in [-0.25, -0.2) is 4.79 Å². The maximum absolute atomic E-state index is 11.6. The molecule has 0 spiro atoms. The first-order valence-corrected chi connectivity index (χ1v) is 5.11. The minimum absolute atomic E-state index is 0.157. The van der Waals surface area contributed by atoms with Crippen molar-refractivity contribution in [3.05, 3.63) is 27.7 Å². The fraction of sp³-hybridized carbons (Fsp3) is 0.300. The van der Waals surface area contributed by atoms with Crippen LogP contribution in [0.15, 0.2) is 10.9 Å².